The number of anilines is 2. The Morgan fingerprint density at radius 2 is 1.87 bits per heavy atom. The minimum atomic E-state index is 0.00881. The van der Waals surface area contributed by atoms with Gasteiger partial charge >= 0.3 is 0 Å². The van der Waals surface area contributed by atoms with Crippen LogP contribution in [0.1, 0.15) is 18.0 Å². The molecule has 0 aliphatic heterocycles. The molecule has 120 valence electrons. The first-order valence-electron chi connectivity index (χ1n) is 7.22. The van der Waals surface area contributed by atoms with Gasteiger partial charge < -0.3 is 15.2 Å². The van der Waals surface area contributed by atoms with Gasteiger partial charge in [-0.05, 0) is 19.1 Å². The highest BCUT2D eigenvalue weighted by atomic mass is 32.2. The van der Waals surface area contributed by atoms with Crippen molar-refractivity contribution in [2.45, 2.75) is 17.3 Å². The van der Waals surface area contributed by atoms with Crippen LogP contribution in [-0.4, -0.2) is 38.6 Å². The average Bonchev–Trinajstić information content (AvgIpc) is 2.83. The molecule has 0 amide bonds. The Balaban J connectivity index is 1.91. The maximum absolute atomic E-state index is 5.80. The second-order valence-electron chi connectivity index (χ2n) is 5.45. The third-order valence-corrected chi connectivity index (χ3v) is 4.59. The maximum atomic E-state index is 5.80. The summed E-state index contributed by atoms with van der Waals surface area (Å²) in [6.07, 6.45) is 0. The second kappa shape index (κ2) is 6.04. The van der Waals surface area contributed by atoms with Gasteiger partial charge in [-0.3, -0.25) is 0 Å². The molecule has 0 saturated heterocycles. The fourth-order valence-electron chi connectivity index (χ4n) is 2.22. The number of hydrogen-bond acceptors (Lipinski definition) is 7. The zero-order valence-electron chi connectivity index (χ0n) is 13.6. The molecule has 0 aliphatic carbocycles. The lowest BCUT2D eigenvalue weighted by Gasteiger charge is -2.14. The molecule has 0 fully saturated rings. The van der Waals surface area contributed by atoms with Crippen molar-refractivity contribution in [2.75, 3.05) is 24.7 Å². The molecule has 0 spiro atoms. The van der Waals surface area contributed by atoms with E-state index in [4.69, 9.17) is 5.73 Å². The van der Waals surface area contributed by atoms with E-state index in [0.717, 1.165) is 16.2 Å². The van der Waals surface area contributed by atoms with E-state index in [1.807, 2.05) is 51.2 Å². The first-order chi connectivity index (χ1) is 11.0. The number of hydrogen-bond donors (Lipinski definition) is 1. The Morgan fingerprint density at radius 1 is 1.13 bits per heavy atom. The van der Waals surface area contributed by atoms with Gasteiger partial charge in [0.15, 0.2) is 5.16 Å². The smallest absolute Gasteiger partial charge is 0.229 e. The van der Waals surface area contributed by atoms with Crippen molar-refractivity contribution in [3.05, 3.63) is 30.1 Å². The summed E-state index contributed by atoms with van der Waals surface area (Å²) in [5, 5.41) is 0.929. The van der Waals surface area contributed by atoms with E-state index in [-0.39, 0.29) is 11.2 Å². The van der Waals surface area contributed by atoms with Crippen LogP contribution in [0.4, 0.5) is 11.9 Å². The Bertz CT molecular complexity index is 843. The van der Waals surface area contributed by atoms with Crippen LogP contribution in [-0.2, 0) is 7.05 Å². The highest BCUT2D eigenvalue weighted by molar-refractivity contribution is 7.99. The van der Waals surface area contributed by atoms with Crippen LogP contribution >= 0.6 is 11.8 Å². The normalized spacial score (nSPS) is 12.5. The predicted octanol–water partition coefficient (Wildman–Crippen LogP) is 2.26. The standard InChI is InChI=1S/C15H19N7S/c1-9(12-18-13(16)20-14(19-12)21(2)3)23-15-17-10-7-5-6-8-11(10)22(15)4/h5-9H,1-4H3,(H2,16,18,19,20)/t9-/m0/s1. The number of rotatable bonds is 4. The zero-order chi connectivity index (χ0) is 16.6. The fraction of sp³-hybridized carbons (Fsp3) is 0.333. The summed E-state index contributed by atoms with van der Waals surface area (Å²) in [4.78, 5) is 19.4. The molecule has 2 heterocycles. The van der Waals surface area contributed by atoms with Crippen molar-refractivity contribution in [1.82, 2.24) is 24.5 Å². The summed E-state index contributed by atoms with van der Waals surface area (Å²) in [6, 6.07) is 8.07. The van der Waals surface area contributed by atoms with E-state index in [9.17, 15) is 0 Å². The Labute approximate surface area is 139 Å². The molecule has 0 bridgehead atoms. The first-order valence-corrected chi connectivity index (χ1v) is 8.10. The van der Waals surface area contributed by atoms with Crippen molar-refractivity contribution in [2.24, 2.45) is 7.05 Å². The SMILES string of the molecule is C[C@H](Sc1nc2ccccc2n1C)c1nc(N)nc(N(C)C)n1. The first kappa shape index (κ1) is 15.5. The van der Waals surface area contributed by atoms with Crippen LogP contribution in [0.25, 0.3) is 11.0 Å². The van der Waals surface area contributed by atoms with Gasteiger partial charge in [0.25, 0.3) is 0 Å². The lowest BCUT2D eigenvalue weighted by atomic mass is 10.3. The third kappa shape index (κ3) is 3.07. The van der Waals surface area contributed by atoms with Gasteiger partial charge in [0.05, 0.1) is 16.3 Å². The second-order valence-corrected chi connectivity index (χ2v) is 6.76. The van der Waals surface area contributed by atoms with Crippen molar-refractivity contribution < 1.29 is 0 Å². The maximum Gasteiger partial charge on any atom is 0.229 e. The number of para-hydroxylation sites is 2. The molecule has 1 aromatic carbocycles. The van der Waals surface area contributed by atoms with E-state index in [1.165, 1.54) is 0 Å². The molecular formula is C15H19N7S. The largest absolute Gasteiger partial charge is 0.368 e. The highest BCUT2D eigenvalue weighted by Crippen LogP contribution is 2.34. The predicted molar refractivity (Wildman–Crippen MR) is 93.6 cm³/mol. The molecule has 8 heteroatoms. The number of nitrogens with two attached hydrogens (primary N) is 1. The van der Waals surface area contributed by atoms with E-state index < -0.39 is 0 Å². The Morgan fingerprint density at radius 3 is 2.57 bits per heavy atom. The van der Waals surface area contributed by atoms with E-state index in [0.29, 0.717) is 11.8 Å². The summed E-state index contributed by atoms with van der Waals surface area (Å²) in [7, 11) is 5.76. The number of aromatic nitrogens is 5. The molecule has 0 saturated carbocycles. The summed E-state index contributed by atoms with van der Waals surface area (Å²) in [5.74, 6) is 1.44. The Hall–Kier alpha value is -2.35. The van der Waals surface area contributed by atoms with E-state index >= 15 is 0 Å². The highest BCUT2D eigenvalue weighted by Gasteiger charge is 2.17. The van der Waals surface area contributed by atoms with Crippen LogP contribution in [0.2, 0.25) is 0 Å². The molecule has 2 aromatic heterocycles. The molecule has 1 atom stereocenters. The molecule has 0 unspecified atom stereocenters. The average molecular weight is 329 g/mol. The van der Waals surface area contributed by atoms with Gasteiger partial charge in [0, 0.05) is 21.1 Å². The lowest BCUT2D eigenvalue weighted by molar-refractivity contribution is 0.802. The van der Waals surface area contributed by atoms with Gasteiger partial charge in [-0.1, -0.05) is 23.9 Å². The molecule has 3 aromatic rings. The van der Waals surface area contributed by atoms with Crippen LogP contribution < -0.4 is 10.6 Å². The number of fused-ring (bicyclic) bond motifs is 1. The van der Waals surface area contributed by atoms with Crippen LogP contribution in [0, 0.1) is 0 Å². The zero-order valence-corrected chi connectivity index (χ0v) is 14.4. The number of thioether (sulfide) groups is 1. The summed E-state index contributed by atoms with van der Waals surface area (Å²) in [5.41, 5.74) is 7.88. The molecule has 7 nitrogen and oxygen atoms in total. The van der Waals surface area contributed by atoms with Crippen molar-refractivity contribution >= 4 is 34.7 Å². The Kier molecular flexibility index (Phi) is 4.08. The number of aryl methyl sites for hydroxylation is 1. The topological polar surface area (TPSA) is 85.8 Å². The molecule has 23 heavy (non-hydrogen) atoms. The number of imidazole rings is 1. The third-order valence-electron chi connectivity index (χ3n) is 3.45. The quantitative estimate of drug-likeness (QED) is 0.735. The van der Waals surface area contributed by atoms with Crippen molar-refractivity contribution in [3.63, 3.8) is 0 Å². The van der Waals surface area contributed by atoms with E-state index in [2.05, 4.69) is 30.6 Å². The minimum Gasteiger partial charge on any atom is -0.368 e. The summed E-state index contributed by atoms with van der Waals surface area (Å²) < 4.78 is 2.08. The van der Waals surface area contributed by atoms with Gasteiger partial charge in [-0.25, -0.2) is 4.98 Å². The summed E-state index contributed by atoms with van der Waals surface area (Å²) >= 11 is 1.60. The number of benzene rings is 1. The summed E-state index contributed by atoms with van der Waals surface area (Å²) in [6.45, 7) is 2.04. The monoisotopic (exact) mass is 329 g/mol. The van der Waals surface area contributed by atoms with Crippen LogP contribution in [0.15, 0.2) is 29.4 Å². The molecule has 0 radical (unpaired) electrons. The number of nitrogens with zero attached hydrogens (tertiary/aromatic N) is 6. The van der Waals surface area contributed by atoms with E-state index in [1.54, 1.807) is 11.8 Å². The van der Waals surface area contributed by atoms with Crippen molar-refractivity contribution in [3.8, 4) is 0 Å². The van der Waals surface area contributed by atoms with Crippen LogP contribution in [0.5, 0.6) is 0 Å². The molecule has 2 N–H and O–H groups in total. The lowest BCUT2D eigenvalue weighted by Crippen LogP contribution is -2.16. The minimum absolute atomic E-state index is 0.00881. The van der Waals surface area contributed by atoms with Gasteiger partial charge in [-0.2, -0.15) is 15.0 Å². The van der Waals surface area contributed by atoms with Gasteiger partial charge in [0.1, 0.15) is 5.82 Å². The van der Waals surface area contributed by atoms with Gasteiger partial charge in [-0.15, -0.1) is 0 Å². The number of nitrogen functional groups attached to an aromatic ring is 1. The molecule has 3 rings (SSSR count). The van der Waals surface area contributed by atoms with Gasteiger partial charge in [0.2, 0.25) is 11.9 Å². The molecular weight excluding hydrogens is 310 g/mol. The van der Waals surface area contributed by atoms with Crippen LogP contribution in [0.3, 0.4) is 0 Å². The fourth-order valence-corrected chi connectivity index (χ4v) is 3.15. The van der Waals surface area contributed by atoms with Crippen molar-refractivity contribution in [1.29, 1.82) is 0 Å². The molecule has 0 aliphatic rings.